The van der Waals surface area contributed by atoms with E-state index in [1.165, 1.54) is 30.0 Å². The molecule has 2 N–H and O–H groups in total. The zero-order valence-electron chi connectivity index (χ0n) is 15.7. The van der Waals surface area contributed by atoms with Crippen molar-refractivity contribution in [1.29, 1.82) is 0 Å². The number of aromatic nitrogens is 1. The lowest BCUT2D eigenvalue weighted by Crippen LogP contribution is -2.27. The van der Waals surface area contributed by atoms with E-state index in [0.29, 0.717) is 5.75 Å². The van der Waals surface area contributed by atoms with Gasteiger partial charge in [-0.15, -0.1) is 11.8 Å². The summed E-state index contributed by atoms with van der Waals surface area (Å²) in [5.41, 5.74) is 2.05. The van der Waals surface area contributed by atoms with Crippen molar-refractivity contribution in [3.05, 3.63) is 89.7 Å². The van der Waals surface area contributed by atoms with Gasteiger partial charge in [0.15, 0.2) is 0 Å². The van der Waals surface area contributed by atoms with Gasteiger partial charge in [0.2, 0.25) is 0 Å². The Morgan fingerprint density at radius 3 is 2.33 bits per heavy atom. The normalized spacial score (nSPS) is 11.0. The number of H-pyrrole nitrogens is 1. The summed E-state index contributed by atoms with van der Waals surface area (Å²) in [4.78, 5) is 16.5. The molecule has 4 rings (SSSR count). The van der Waals surface area contributed by atoms with E-state index in [4.69, 9.17) is 0 Å². The van der Waals surface area contributed by atoms with Gasteiger partial charge in [-0.05, 0) is 48.0 Å². The van der Waals surface area contributed by atoms with Gasteiger partial charge in [-0.25, -0.2) is 13.2 Å². The molecule has 0 radical (unpaired) electrons. The highest BCUT2D eigenvalue weighted by Gasteiger charge is 2.17. The number of thioether (sulfide) groups is 1. The van der Waals surface area contributed by atoms with Gasteiger partial charge in [0.25, 0.3) is 5.91 Å². The van der Waals surface area contributed by atoms with Crippen molar-refractivity contribution in [3.8, 4) is 11.3 Å². The van der Waals surface area contributed by atoms with Crippen LogP contribution >= 0.6 is 11.8 Å². The molecule has 0 spiro atoms. The van der Waals surface area contributed by atoms with Crippen molar-refractivity contribution in [2.45, 2.75) is 4.90 Å². The van der Waals surface area contributed by atoms with Crippen LogP contribution in [0.2, 0.25) is 0 Å². The first-order valence-corrected chi connectivity index (χ1v) is 10.2. The summed E-state index contributed by atoms with van der Waals surface area (Å²) in [5.74, 6) is -2.40. The summed E-state index contributed by atoms with van der Waals surface area (Å²) in [5, 5.41) is 3.57. The lowest BCUT2D eigenvalue weighted by molar-refractivity contribution is 0.0947. The first-order chi connectivity index (χ1) is 14.5. The molecule has 1 aromatic heterocycles. The van der Waals surface area contributed by atoms with E-state index in [9.17, 15) is 18.0 Å². The van der Waals surface area contributed by atoms with Gasteiger partial charge < -0.3 is 10.3 Å². The predicted molar refractivity (Wildman–Crippen MR) is 113 cm³/mol. The molecule has 3 nitrogen and oxygen atoms in total. The van der Waals surface area contributed by atoms with Crippen LogP contribution in [0, 0.1) is 17.5 Å². The molecule has 7 heteroatoms. The topological polar surface area (TPSA) is 44.9 Å². The molecule has 1 amide bonds. The van der Waals surface area contributed by atoms with E-state index in [0.717, 1.165) is 39.2 Å². The van der Waals surface area contributed by atoms with Gasteiger partial charge in [0, 0.05) is 28.1 Å². The van der Waals surface area contributed by atoms with Gasteiger partial charge in [-0.2, -0.15) is 0 Å². The largest absolute Gasteiger partial charge is 0.354 e. The summed E-state index contributed by atoms with van der Waals surface area (Å²) in [7, 11) is 0. The minimum Gasteiger partial charge on any atom is -0.354 e. The highest BCUT2D eigenvalue weighted by atomic mass is 32.2. The Bertz CT molecular complexity index is 1180. The maximum absolute atomic E-state index is 13.7. The van der Waals surface area contributed by atoms with Crippen molar-refractivity contribution in [3.63, 3.8) is 0 Å². The first-order valence-electron chi connectivity index (χ1n) is 9.26. The van der Waals surface area contributed by atoms with Crippen molar-refractivity contribution in [2.24, 2.45) is 0 Å². The summed E-state index contributed by atoms with van der Waals surface area (Å²) >= 11 is 1.50. The average molecular weight is 426 g/mol. The van der Waals surface area contributed by atoms with Crippen LogP contribution in [0.15, 0.2) is 71.6 Å². The first kappa shape index (κ1) is 20.1. The van der Waals surface area contributed by atoms with Crippen LogP contribution in [0.1, 0.15) is 10.4 Å². The van der Waals surface area contributed by atoms with Crippen LogP contribution in [-0.2, 0) is 0 Å². The lowest BCUT2D eigenvalue weighted by atomic mass is 10.1. The second kappa shape index (κ2) is 8.67. The molecule has 3 aromatic carbocycles. The highest BCUT2D eigenvalue weighted by molar-refractivity contribution is 7.99. The van der Waals surface area contributed by atoms with Crippen LogP contribution in [0.3, 0.4) is 0 Å². The Morgan fingerprint density at radius 2 is 1.60 bits per heavy atom. The molecule has 0 aliphatic carbocycles. The number of rotatable bonds is 6. The predicted octanol–water partition coefficient (Wildman–Crippen LogP) is 5.77. The Kier molecular flexibility index (Phi) is 5.81. The van der Waals surface area contributed by atoms with Gasteiger partial charge in [-0.3, -0.25) is 4.79 Å². The molecule has 0 unspecified atom stereocenters. The quantitative estimate of drug-likeness (QED) is 0.304. The Hall–Kier alpha value is -3.19. The van der Waals surface area contributed by atoms with E-state index in [2.05, 4.69) is 10.3 Å². The fraction of sp³-hybridized carbons (Fsp3) is 0.0870. The molecule has 0 bridgehead atoms. The molecule has 0 fully saturated rings. The van der Waals surface area contributed by atoms with E-state index in [1.807, 2.05) is 24.3 Å². The standard InChI is InChI=1S/C23H17F3N2OS/c24-15-10-8-14(9-11-15)21-22(16-4-1-2-7-19(16)28-21)30-13-12-27-23(29)20-17(25)5-3-6-18(20)26/h1-11,28H,12-13H2,(H,27,29). The molecule has 30 heavy (non-hydrogen) atoms. The van der Waals surface area contributed by atoms with Crippen LogP contribution in [0.4, 0.5) is 13.2 Å². The van der Waals surface area contributed by atoms with Crippen LogP contribution in [-0.4, -0.2) is 23.2 Å². The van der Waals surface area contributed by atoms with Gasteiger partial charge in [-0.1, -0.05) is 24.3 Å². The third kappa shape index (κ3) is 4.07. The number of hydrogen-bond donors (Lipinski definition) is 2. The third-order valence-corrected chi connectivity index (χ3v) is 5.74. The van der Waals surface area contributed by atoms with E-state index >= 15 is 0 Å². The summed E-state index contributed by atoms with van der Waals surface area (Å²) in [6.07, 6.45) is 0. The molecular formula is C23H17F3N2OS. The minimum absolute atomic E-state index is 0.222. The number of carbonyl (C=O) groups is 1. The fourth-order valence-electron chi connectivity index (χ4n) is 3.21. The van der Waals surface area contributed by atoms with Crippen LogP contribution < -0.4 is 5.32 Å². The van der Waals surface area contributed by atoms with Crippen LogP contribution in [0.25, 0.3) is 22.2 Å². The molecule has 0 saturated carbocycles. The van der Waals surface area contributed by atoms with Crippen LogP contribution in [0.5, 0.6) is 0 Å². The number of hydrogen-bond acceptors (Lipinski definition) is 2. The van der Waals surface area contributed by atoms with Crippen molar-refractivity contribution < 1.29 is 18.0 Å². The molecule has 0 atom stereocenters. The van der Waals surface area contributed by atoms with Crippen molar-refractivity contribution in [1.82, 2.24) is 10.3 Å². The van der Waals surface area contributed by atoms with Crippen molar-refractivity contribution in [2.75, 3.05) is 12.3 Å². The van der Waals surface area contributed by atoms with Gasteiger partial charge in [0.05, 0.1) is 5.69 Å². The van der Waals surface area contributed by atoms with E-state index in [1.54, 1.807) is 12.1 Å². The minimum atomic E-state index is -0.893. The molecule has 4 aromatic rings. The van der Waals surface area contributed by atoms with Gasteiger partial charge in [0.1, 0.15) is 23.0 Å². The highest BCUT2D eigenvalue weighted by Crippen LogP contribution is 2.37. The number of fused-ring (bicyclic) bond motifs is 1. The number of amides is 1. The maximum Gasteiger partial charge on any atom is 0.257 e. The molecule has 0 saturated heterocycles. The van der Waals surface area contributed by atoms with E-state index < -0.39 is 23.1 Å². The summed E-state index contributed by atoms with van der Waals surface area (Å²) in [6.45, 7) is 0.222. The van der Waals surface area contributed by atoms with Gasteiger partial charge >= 0.3 is 0 Å². The zero-order valence-corrected chi connectivity index (χ0v) is 16.5. The average Bonchev–Trinajstić information content (AvgIpc) is 3.10. The Balaban J connectivity index is 1.51. The number of aromatic amines is 1. The maximum atomic E-state index is 13.7. The Labute approximate surface area is 175 Å². The number of para-hydroxylation sites is 1. The number of benzene rings is 3. The zero-order chi connectivity index (χ0) is 21.1. The number of halogens is 3. The summed E-state index contributed by atoms with van der Waals surface area (Å²) < 4.78 is 40.8. The SMILES string of the molecule is O=C(NCCSc1c(-c2ccc(F)cc2)[nH]c2ccccc12)c1c(F)cccc1F. The lowest BCUT2D eigenvalue weighted by Gasteiger charge is -2.08. The second-order valence-corrected chi connectivity index (χ2v) is 7.69. The fourth-order valence-corrected chi connectivity index (χ4v) is 4.26. The monoisotopic (exact) mass is 426 g/mol. The van der Waals surface area contributed by atoms with E-state index in [-0.39, 0.29) is 12.4 Å². The summed E-state index contributed by atoms with van der Waals surface area (Å²) in [6, 6.07) is 17.3. The Morgan fingerprint density at radius 1 is 0.900 bits per heavy atom. The third-order valence-electron chi connectivity index (χ3n) is 4.62. The number of carbonyl (C=O) groups excluding carboxylic acids is 1. The number of nitrogens with one attached hydrogen (secondary N) is 2. The second-order valence-electron chi connectivity index (χ2n) is 6.58. The molecule has 0 aliphatic rings. The molecular weight excluding hydrogens is 409 g/mol. The smallest absolute Gasteiger partial charge is 0.257 e. The molecule has 0 aliphatic heterocycles. The van der Waals surface area contributed by atoms with Crippen molar-refractivity contribution >= 4 is 28.6 Å². The molecule has 1 heterocycles. The molecule has 152 valence electrons.